The van der Waals surface area contributed by atoms with Gasteiger partial charge in [-0.15, -0.1) is 5.10 Å². The summed E-state index contributed by atoms with van der Waals surface area (Å²) in [4.78, 5) is 16.0. The Kier molecular flexibility index (Phi) is 4.65. The molecule has 1 heterocycles. The van der Waals surface area contributed by atoms with Crippen molar-refractivity contribution in [3.63, 3.8) is 0 Å². The van der Waals surface area contributed by atoms with Crippen molar-refractivity contribution < 1.29 is 18.0 Å². The van der Waals surface area contributed by atoms with Crippen LogP contribution in [0, 0.1) is 11.8 Å². The Morgan fingerprint density at radius 1 is 1.43 bits per heavy atom. The van der Waals surface area contributed by atoms with Crippen LogP contribution in [0.3, 0.4) is 0 Å². The molecular formula is C13H13BrF3N3O. The predicted molar refractivity (Wildman–Crippen MR) is 74.1 cm³/mol. The maximum Gasteiger partial charge on any atom is 0.389 e. The van der Waals surface area contributed by atoms with Crippen LogP contribution in [-0.4, -0.2) is 26.7 Å². The topological polar surface area (TPSA) is 47.8 Å². The summed E-state index contributed by atoms with van der Waals surface area (Å²) < 4.78 is 38.8. The van der Waals surface area contributed by atoms with Crippen LogP contribution in [0.1, 0.15) is 19.8 Å². The van der Waals surface area contributed by atoms with Crippen LogP contribution in [-0.2, 0) is 4.79 Å². The lowest BCUT2D eigenvalue weighted by atomic mass is 9.87. The number of rotatable bonds is 3. The predicted octanol–water partition coefficient (Wildman–Crippen LogP) is 3.62. The second-order valence-electron chi connectivity index (χ2n) is 4.90. The molecule has 0 saturated heterocycles. The third-order valence-corrected chi connectivity index (χ3v) is 3.75. The molecule has 0 aliphatic heterocycles. The number of ketones is 1. The number of hydrogen-bond acceptors (Lipinski definition) is 3. The standard InChI is InChI=1S/C13H13BrF3N3O/c1-8-9(4-5-13(15,16)17)2-3-10(6-11(8)21)20-7-18-12(14)19-20/h2-3,6-9H,4-5H2,1H3. The Hall–Kier alpha value is -1.44. The highest BCUT2D eigenvalue weighted by molar-refractivity contribution is 9.10. The first-order chi connectivity index (χ1) is 9.76. The SMILES string of the molecule is CC1C(=O)C=C(n2cnc(Br)n2)C=CC1CCC(F)(F)F. The van der Waals surface area contributed by atoms with E-state index in [-0.39, 0.29) is 12.2 Å². The summed E-state index contributed by atoms with van der Waals surface area (Å²) in [5.74, 6) is -1.15. The molecule has 2 rings (SSSR count). The van der Waals surface area contributed by atoms with Gasteiger partial charge in [-0.05, 0) is 34.3 Å². The van der Waals surface area contributed by atoms with Crippen molar-refractivity contribution in [1.29, 1.82) is 0 Å². The van der Waals surface area contributed by atoms with E-state index in [1.807, 2.05) is 0 Å². The molecule has 2 unspecified atom stereocenters. The number of nitrogens with zero attached hydrogens (tertiary/aromatic N) is 3. The molecule has 4 nitrogen and oxygen atoms in total. The van der Waals surface area contributed by atoms with E-state index in [1.165, 1.54) is 17.1 Å². The maximum atomic E-state index is 12.3. The minimum absolute atomic E-state index is 0.102. The number of carbonyl (C=O) groups excluding carboxylic acids is 1. The normalized spacial score (nSPS) is 23.1. The summed E-state index contributed by atoms with van der Waals surface area (Å²) in [5, 5.41) is 4.02. The number of aromatic nitrogens is 3. The molecule has 0 N–H and O–H groups in total. The summed E-state index contributed by atoms with van der Waals surface area (Å²) in [6, 6.07) is 0. The smallest absolute Gasteiger partial charge is 0.294 e. The molecule has 1 aliphatic rings. The summed E-state index contributed by atoms with van der Waals surface area (Å²) in [6.45, 7) is 1.64. The molecular weight excluding hydrogens is 351 g/mol. The minimum Gasteiger partial charge on any atom is -0.294 e. The van der Waals surface area contributed by atoms with Crippen molar-refractivity contribution in [3.05, 3.63) is 29.3 Å². The summed E-state index contributed by atoms with van der Waals surface area (Å²) in [5.41, 5.74) is 0.486. The van der Waals surface area contributed by atoms with Crippen LogP contribution in [0.2, 0.25) is 0 Å². The number of halogens is 4. The number of allylic oxidation sites excluding steroid dienone is 4. The minimum atomic E-state index is -4.21. The molecule has 114 valence electrons. The van der Waals surface area contributed by atoms with Crippen molar-refractivity contribution in [2.75, 3.05) is 0 Å². The van der Waals surface area contributed by atoms with Crippen molar-refractivity contribution in [2.24, 2.45) is 11.8 Å². The van der Waals surface area contributed by atoms with E-state index in [9.17, 15) is 18.0 Å². The largest absolute Gasteiger partial charge is 0.389 e. The molecule has 0 bridgehead atoms. The van der Waals surface area contributed by atoms with Gasteiger partial charge in [0.25, 0.3) is 0 Å². The van der Waals surface area contributed by atoms with E-state index in [0.29, 0.717) is 10.4 Å². The number of alkyl halides is 3. The summed E-state index contributed by atoms with van der Waals surface area (Å²) >= 11 is 3.10. The average molecular weight is 364 g/mol. The van der Waals surface area contributed by atoms with Crippen LogP contribution >= 0.6 is 15.9 Å². The second-order valence-corrected chi connectivity index (χ2v) is 5.60. The third-order valence-electron chi connectivity index (χ3n) is 3.38. The van der Waals surface area contributed by atoms with Gasteiger partial charge < -0.3 is 0 Å². The Labute approximate surface area is 127 Å². The van der Waals surface area contributed by atoms with Crippen molar-refractivity contribution >= 4 is 27.4 Å². The molecule has 0 radical (unpaired) electrons. The Balaban J connectivity index is 2.18. The van der Waals surface area contributed by atoms with Gasteiger partial charge in [0.2, 0.25) is 4.73 Å². The van der Waals surface area contributed by atoms with Gasteiger partial charge in [-0.1, -0.05) is 13.0 Å². The van der Waals surface area contributed by atoms with Crippen LogP contribution < -0.4 is 0 Å². The molecule has 8 heteroatoms. The first-order valence-electron chi connectivity index (χ1n) is 6.34. The van der Waals surface area contributed by atoms with E-state index in [0.717, 1.165) is 0 Å². The van der Waals surface area contributed by atoms with Crippen molar-refractivity contribution in [3.8, 4) is 0 Å². The quantitative estimate of drug-likeness (QED) is 0.823. The van der Waals surface area contributed by atoms with Crippen LogP contribution in [0.25, 0.3) is 5.70 Å². The Bertz CT molecular complexity index is 592. The molecule has 1 aromatic heterocycles. The van der Waals surface area contributed by atoms with Crippen LogP contribution in [0.4, 0.5) is 13.2 Å². The highest BCUT2D eigenvalue weighted by Crippen LogP contribution is 2.30. The molecule has 0 fully saturated rings. The van der Waals surface area contributed by atoms with E-state index in [1.54, 1.807) is 19.1 Å². The van der Waals surface area contributed by atoms with Gasteiger partial charge >= 0.3 is 6.18 Å². The zero-order valence-corrected chi connectivity index (χ0v) is 12.7. The third kappa shape index (κ3) is 4.26. The molecule has 1 aliphatic carbocycles. The van der Waals surface area contributed by atoms with Gasteiger partial charge in [0, 0.05) is 18.4 Å². The molecule has 0 spiro atoms. The van der Waals surface area contributed by atoms with Crippen molar-refractivity contribution in [1.82, 2.24) is 14.8 Å². The molecule has 2 atom stereocenters. The lowest BCUT2D eigenvalue weighted by Gasteiger charge is -2.18. The van der Waals surface area contributed by atoms with E-state index in [2.05, 4.69) is 26.0 Å². The summed E-state index contributed by atoms with van der Waals surface area (Å²) in [6.07, 6.45) is 0.852. The molecule has 1 aromatic rings. The zero-order chi connectivity index (χ0) is 15.6. The van der Waals surface area contributed by atoms with Gasteiger partial charge in [0.05, 0.1) is 5.70 Å². The first kappa shape index (κ1) is 15.9. The fourth-order valence-electron chi connectivity index (χ4n) is 2.11. The highest BCUT2D eigenvalue weighted by atomic mass is 79.9. The van der Waals surface area contributed by atoms with E-state index in [4.69, 9.17) is 0 Å². The van der Waals surface area contributed by atoms with Crippen LogP contribution in [0.15, 0.2) is 29.3 Å². The zero-order valence-electron chi connectivity index (χ0n) is 11.1. The van der Waals surface area contributed by atoms with E-state index < -0.39 is 24.4 Å². The van der Waals surface area contributed by atoms with Gasteiger partial charge in [-0.25, -0.2) is 9.67 Å². The molecule has 21 heavy (non-hydrogen) atoms. The lowest BCUT2D eigenvalue weighted by molar-refractivity contribution is -0.138. The number of carbonyl (C=O) groups is 1. The Morgan fingerprint density at radius 2 is 2.14 bits per heavy atom. The van der Waals surface area contributed by atoms with Gasteiger partial charge in [0.15, 0.2) is 5.78 Å². The molecule has 0 saturated carbocycles. The fourth-order valence-corrected chi connectivity index (χ4v) is 2.37. The first-order valence-corrected chi connectivity index (χ1v) is 7.13. The second kappa shape index (κ2) is 6.13. The van der Waals surface area contributed by atoms with Crippen molar-refractivity contribution in [2.45, 2.75) is 25.9 Å². The van der Waals surface area contributed by atoms with Gasteiger partial charge in [-0.3, -0.25) is 4.79 Å². The highest BCUT2D eigenvalue weighted by Gasteiger charge is 2.31. The molecule has 0 amide bonds. The lowest BCUT2D eigenvalue weighted by Crippen LogP contribution is -2.19. The van der Waals surface area contributed by atoms with Gasteiger partial charge in [0.1, 0.15) is 6.33 Å². The van der Waals surface area contributed by atoms with E-state index >= 15 is 0 Å². The average Bonchev–Trinajstić information content (AvgIpc) is 2.75. The van der Waals surface area contributed by atoms with Gasteiger partial charge in [-0.2, -0.15) is 13.2 Å². The maximum absolute atomic E-state index is 12.3. The van der Waals surface area contributed by atoms with Crippen LogP contribution in [0.5, 0.6) is 0 Å². The Morgan fingerprint density at radius 3 is 2.71 bits per heavy atom. The fraction of sp³-hybridized carbons (Fsp3) is 0.462. The molecule has 0 aromatic carbocycles. The monoisotopic (exact) mass is 363 g/mol. The number of hydrogen-bond donors (Lipinski definition) is 0. The summed E-state index contributed by atoms with van der Waals surface area (Å²) in [7, 11) is 0.